The molecule has 0 aromatic heterocycles. The first kappa shape index (κ1) is 22.0. The van der Waals surface area contributed by atoms with Crippen molar-refractivity contribution in [2.75, 3.05) is 33.7 Å². The first-order valence-electron chi connectivity index (χ1n) is 8.95. The smallest absolute Gasteiger partial charge is 0.243 e. The fourth-order valence-corrected chi connectivity index (χ4v) is 2.70. The van der Waals surface area contributed by atoms with E-state index in [0.717, 1.165) is 25.8 Å². The highest BCUT2D eigenvalue weighted by atomic mass is 127. The predicted octanol–water partition coefficient (Wildman–Crippen LogP) is 1.04. The first-order chi connectivity index (χ1) is 11.4. The molecule has 0 radical (unpaired) electrons. The fourth-order valence-electron chi connectivity index (χ4n) is 2.70. The number of amides is 2. The van der Waals surface area contributed by atoms with Gasteiger partial charge in [0.2, 0.25) is 11.8 Å². The molecule has 0 aromatic carbocycles. The predicted molar refractivity (Wildman–Crippen MR) is 110 cm³/mol. The third-order valence-electron chi connectivity index (χ3n) is 4.65. The van der Waals surface area contributed by atoms with Crippen LogP contribution in [0.5, 0.6) is 0 Å². The lowest BCUT2D eigenvalue weighted by atomic mass is 10.1. The summed E-state index contributed by atoms with van der Waals surface area (Å²) >= 11 is 0. The molecule has 1 saturated heterocycles. The van der Waals surface area contributed by atoms with Crippen LogP contribution in [-0.2, 0) is 9.59 Å². The summed E-state index contributed by atoms with van der Waals surface area (Å²) in [5.74, 6) is 1.21. The molecule has 25 heavy (non-hydrogen) atoms. The van der Waals surface area contributed by atoms with E-state index in [-0.39, 0.29) is 48.4 Å². The second-order valence-electron chi connectivity index (χ2n) is 7.13. The molecule has 2 unspecified atom stereocenters. The zero-order chi connectivity index (χ0) is 17.7. The molecule has 1 aliphatic carbocycles. The lowest BCUT2D eigenvalue weighted by Gasteiger charge is -2.20. The number of nitrogens with zero attached hydrogens (tertiary/aromatic N) is 3. The van der Waals surface area contributed by atoms with Gasteiger partial charge in [-0.15, -0.1) is 24.0 Å². The second-order valence-corrected chi connectivity index (χ2v) is 7.13. The molecule has 2 amide bonds. The van der Waals surface area contributed by atoms with Crippen LogP contribution in [0.4, 0.5) is 0 Å². The molecule has 0 bridgehead atoms. The summed E-state index contributed by atoms with van der Waals surface area (Å²) in [5.41, 5.74) is 0. The van der Waals surface area contributed by atoms with Gasteiger partial charge >= 0.3 is 0 Å². The lowest BCUT2D eigenvalue weighted by Crippen LogP contribution is -2.44. The van der Waals surface area contributed by atoms with Crippen LogP contribution in [-0.4, -0.2) is 73.4 Å². The Labute approximate surface area is 168 Å². The molecule has 1 heterocycles. The summed E-state index contributed by atoms with van der Waals surface area (Å²) in [6, 6.07) is 0.769. The van der Waals surface area contributed by atoms with Gasteiger partial charge in [0.15, 0.2) is 5.96 Å². The van der Waals surface area contributed by atoms with Crippen molar-refractivity contribution in [1.29, 1.82) is 0 Å². The van der Waals surface area contributed by atoms with Gasteiger partial charge in [-0.1, -0.05) is 6.92 Å². The molecule has 7 nitrogen and oxygen atoms in total. The van der Waals surface area contributed by atoms with Gasteiger partial charge in [-0.3, -0.25) is 9.59 Å². The Balaban J connectivity index is 0.00000312. The minimum atomic E-state index is -0.0313. The molecular weight excluding hydrogens is 433 g/mol. The molecule has 144 valence electrons. The average Bonchev–Trinajstić information content (AvgIpc) is 3.32. The van der Waals surface area contributed by atoms with Gasteiger partial charge in [0.1, 0.15) is 6.54 Å². The number of nitrogens with one attached hydrogen (secondary N) is 2. The van der Waals surface area contributed by atoms with Crippen molar-refractivity contribution >= 4 is 41.8 Å². The minimum absolute atomic E-state index is 0. The molecule has 2 fully saturated rings. The Morgan fingerprint density at radius 2 is 2.08 bits per heavy atom. The SMILES string of the molecule is CCC(C)NC(=NCC(=O)N(C)C)NCC1CC(=O)N(C2CC2)C1.I. The van der Waals surface area contributed by atoms with Crippen LogP contribution in [0.2, 0.25) is 0 Å². The summed E-state index contributed by atoms with van der Waals surface area (Å²) in [4.78, 5) is 31.7. The Kier molecular flexibility index (Phi) is 8.95. The maximum Gasteiger partial charge on any atom is 0.243 e. The van der Waals surface area contributed by atoms with Crippen molar-refractivity contribution in [3.05, 3.63) is 0 Å². The van der Waals surface area contributed by atoms with Gasteiger partial charge in [-0.05, 0) is 26.2 Å². The molecule has 2 aliphatic rings. The van der Waals surface area contributed by atoms with Crippen LogP contribution in [0, 0.1) is 5.92 Å². The molecular formula is C17H32IN5O2. The van der Waals surface area contributed by atoms with E-state index in [1.807, 2.05) is 4.90 Å². The van der Waals surface area contributed by atoms with Crippen molar-refractivity contribution in [2.24, 2.45) is 10.9 Å². The number of rotatable bonds is 7. The monoisotopic (exact) mass is 465 g/mol. The van der Waals surface area contributed by atoms with E-state index in [1.54, 1.807) is 14.1 Å². The number of carbonyl (C=O) groups excluding carboxylic acids is 2. The Morgan fingerprint density at radius 1 is 1.40 bits per heavy atom. The van der Waals surface area contributed by atoms with E-state index in [1.165, 1.54) is 4.90 Å². The second kappa shape index (κ2) is 10.2. The minimum Gasteiger partial charge on any atom is -0.356 e. The van der Waals surface area contributed by atoms with E-state index in [9.17, 15) is 9.59 Å². The van der Waals surface area contributed by atoms with Crippen molar-refractivity contribution < 1.29 is 9.59 Å². The number of guanidine groups is 1. The lowest BCUT2D eigenvalue weighted by molar-refractivity contribution is -0.128. The Morgan fingerprint density at radius 3 is 2.64 bits per heavy atom. The molecule has 0 spiro atoms. The topological polar surface area (TPSA) is 77.0 Å². The van der Waals surface area contributed by atoms with Crippen molar-refractivity contribution in [1.82, 2.24) is 20.4 Å². The number of likely N-dealkylation sites (N-methyl/N-ethyl adjacent to an activating group) is 1. The largest absolute Gasteiger partial charge is 0.356 e. The number of aliphatic imine (C=N–C) groups is 1. The molecule has 2 N–H and O–H groups in total. The first-order valence-corrected chi connectivity index (χ1v) is 8.95. The van der Waals surface area contributed by atoms with Crippen LogP contribution < -0.4 is 10.6 Å². The molecule has 1 saturated carbocycles. The quantitative estimate of drug-likeness (QED) is 0.335. The Hall–Kier alpha value is -1.06. The third-order valence-corrected chi connectivity index (χ3v) is 4.65. The maximum absolute atomic E-state index is 12.0. The highest BCUT2D eigenvalue weighted by Crippen LogP contribution is 2.32. The zero-order valence-corrected chi connectivity index (χ0v) is 18.1. The maximum atomic E-state index is 12.0. The Bertz CT molecular complexity index is 493. The summed E-state index contributed by atoms with van der Waals surface area (Å²) in [6.07, 6.45) is 3.89. The van der Waals surface area contributed by atoms with E-state index in [2.05, 4.69) is 29.5 Å². The summed E-state index contributed by atoms with van der Waals surface area (Å²) in [5, 5.41) is 6.62. The normalized spacial score (nSPS) is 21.6. The van der Waals surface area contributed by atoms with Crippen molar-refractivity contribution in [3.63, 3.8) is 0 Å². The van der Waals surface area contributed by atoms with Gasteiger partial charge in [0, 0.05) is 51.6 Å². The number of likely N-dealkylation sites (tertiary alicyclic amines) is 1. The van der Waals surface area contributed by atoms with Crippen LogP contribution >= 0.6 is 24.0 Å². The third kappa shape index (κ3) is 6.99. The van der Waals surface area contributed by atoms with Crippen LogP contribution in [0.1, 0.15) is 39.5 Å². The van der Waals surface area contributed by atoms with Gasteiger partial charge in [-0.25, -0.2) is 4.99 Å². The molecule has 0 aromatic rings. The summed E-state index contributed by atoms with van der Waals surface area (Å²) in [7, 11) is 3.45. The molecule has 8 heteroatoms. The molecule has 2 atom stereocenters. The number of hydrogen-bond acceptors (Lipinski definition) is 3. The fraction of sp³-hybridized carbons (Fsp3) is 0.824. The average molecular weight is 465 g/mol. The van der Waals surface area contributed by atoms with E-state index < -0.39 is 0 Å². The molecule has 1 aliphatic heterocycles. The van der Waals surface area contributed by atoms with Crippen LogP contribution in [0.3, 0.4) is 0 Å². The zero-order valence-electron chi connectivity index (χ0n) is 15.7. The standard InChI is InChI=1S/C17H31N5O2.HI/c1-5-12(2)20-17(19-10-16(24)21(3)4)18-9-13-8-15(23)22(11-13)14-6-7-14;/h12-14H,5-11H2,1-4H3,(H2,18,19,20);1H. The number of carbonyl (C=O) groups is 2. The van der Waals surface area contributed by atoms with E-state index in [4.69, 9.17) is 0 Å². The van der Waals surface area contributed by atoms with E-state index >= 15 is 0 Å². The number of hydrogen-bond donors (Lipinski definition) is 2. The summed E-state index contributed by atoms with van der Waals surface area (Å²) in [6.45, 7) is 5.84. The van der Waals surface area contributed by atoms with Crippen molar-refractivity contribution in [3.8, 4) is 0 Å². The van der Waals surface area contributed by atoms with E-state index in [0.29, 0.717) is 30.9 Å². The highest BCUT2D eigenvalue weighted by Gasteiger charge is 2.39. The van der Waals surface area contributed by atoms with Gasteiger partial charge in [-0.2, -0.15) is 0 Å². The van der Waals surface area contributed by atoms with Gasteiger partial charge in [0.05, 0.1) is 0 Å². The van der Waals surface area contributed by atoms with Gasteiger partial charge in [0.25, 0.3) is 0 Å². The van der Waals surface area contributed by atoms with Gasteiger partial charge < -0.3 is 20.4 Å². The highest BCUT2D eigenvalue weighted by molar-refractivity contribution is 14.0. The summed E-state index contributed by atoms with van der Waals surface area (Å²) < 4.78 is 0. The number of halogens is 1. The van der Waals surface area contributed by atoms with Crippen molar-refractivity contribution in [2.45, 2.75) is 51.6 Å². The molecule has 2 rings (SSSR count). The van der Waals surface area contributed by atoms with Crippen LogP contribution in [0.15, 0.2) is 4.99 Å². The van der Waals surface area contributed by atoms with Crippen LogP contribution in [0.25, 0.3) is 0 Å².